The number of hydrogen-bond acceptors (Lipinski definition) is 4. The van der Waals surface area contributed by atoms with Gasteiger partial charge >= 0.3 is 0 Å². The fourth-order valence-corrected chi connectivity index (χ4v) is 3.01. The van der Waals surface area contributed by atoms with Gasteiger partial charge in [-0.05, 0) is 49.6 Å². The normalized spacial score (nSPS) is 10.8. The van der Waals surface area contributed by atoms with Gasteiger partial charge in [-0.25, -0.2) is 9.97 Å². The largest absolute Gasteiger partial charge is 0.494 e. The van der Waals surface area contributed by atoms with Crippen molar-refractivity contribution in [2.45, 2.75) is 39.0 Å². The van der Waals surface area contributed by atoms with Crippen LogP contribution in [0.5, 0.6) is 5.75 Å². The molecule has 0 saturated heterocycles. The zero-order valence-corrected chi connectivity index (χ0v) is 15.4. The number of aryl methyl sites for hydroxylation is 1. The first-order chi connectivity index (χ1) is 12.8. The molecule has 1 heterocycles. The van der Waals surface area contributed by atoms with E-state index in [9.17, 15) is 0 Å². The predicted molar refractivity (Wildman–Crippen MR) is 108 cm³/mol. The Morgan fingerprint density at radius 2 is 1.73 bits per heavy atom. The Hall–Kier alpha value is -2.62. The van der Waals surface area contributed by atoms with E-state index in [1.807, 2.05) is 30.3 Å². The van der Waals surface area contributed by atoms with E-state index in [4.69, 9.17) is 4.74 Å². The highest BCUT2D eigenvalue weighted by molar-refractivity contribution is 5.88. The number of anilines is 1. The summed E-state index contributed by atoms with van der Waals surface area (Å²) in [5.41, 5.74) is 2.23. The Labute approximate surface area is 155 Å². The van der Waals surface area contributed by atoms with Crippen molar-refractivity contribution >= 4 is 16.7 Å². The zero-order chi connectivity index (χ0) is 18.0. The zero-order valence-electron chi connectivity index (χ0n) is 15.4. The van der Waals surface area contributed by atoms with Gasteiger partial charge in [0, 0.05) is 11.9 Å². The molecule has 0 spiro atoms. The Bertz CT molecular complexity index is 814. The van der Waals surface area contributed by atoms with Crippen LogP contribution in [0, 0.1) is 6.92 Å². The summed E-state index contributed by atoms with van der Waals surface area (Å²) in [5.74, 6) is 1.91. The molecule has 0 aliphatic rings. The molecule has 0 bridgehead atoms. The number of benzene rings is 2. The fraction of sp³-hybridized carbons (Fsp3) is 0.364. The van der Waals surface area contributed by atoms with Crippen LogP contribution < -0.4 is 10.1 Å². The number of unbranched alkanes of at least 4 members (excludes halogenated alkanes) is 4. The summed E-state index contributed by atoms with van der Waals surface area (Å²) >= 11 is 0. The highest BCUT2D eigenvalue weighted by atomic mass is 16.5. The van der Waals surface area contributed by atoms with Crippen LogP contribution in [0.3, 0.4) is 0 Å². The molecule has 136 valence electrons. The molecule has 2 aromatic carbocycles. The van der Waals surface area contributed by atoms with Crippen molar-refractivity contribution in [1.82, 2.24) is 9.97 Å². The van der Waals surface area contributed by atoms with E-state index in [1.165, 1.54) is 24.8 Å². The van der Waals surface area contributed by atoms with Crippen LogP contribution in [0.2, 0.25) is 0 Å². The smallest absolute Gasteiger partial charge is 0.137 e. The lowest BCUT2D eigenvalue weighted by molar-refractivity contribution is 0.304. The number of para-hydroxylation sites is 1. The third-order valence-corrected chi connectivity index (χ3v) is 4.41. The summed E-state index contributed by atoms with van der Waals surface area (Å²) < 4.78 is 5.79. The molecular formula is C22H27N3O. The Balaban J connectivity index is 1.27. The van der Waals surface area contributed by atoms with E-state index < -0.39 is 0 Å². The molecular weight excluding hydrogens is 322 g/mol. The van der Waals surface area contributed by atoms with E-state index in [-0.39, 0.29) is 0 Å². The van der Waals surface area contributed by atoms with Gasteiger partial charge in [-0.15, -0.1) is 0 Å². The summed E-state index contributed by atoms with van der Waals surface area (Å²) in [7, 11) is 0. The van der Waals surface area contributed by atoms with Crippen molar-refractivity contribution in [2.75, 3.05) is 18.5 Å². The molecule has 3 rings (SSSR count). The minimum atomic E-state index is 0.800. The predicted octanol–water partition coefficient (Wildman–Crippen LogP) is 5.38. The second-order valence-corrected chi connectivity index (χ2v) is 6.60. The minimum absolute atomic E-state index is 0.800. The van der Waals surface area contributed by atoms with E-state index in [0.29, 0.717) is 0 Å². The Morgan fingerprint density at radius 3 is 2.65 bits per heavy atom. The molecule has 0 atom stereocenters. The number of aromatic nitrogens is 2. The second kappa shape index (κ2) is 9.76. The molecule has 1 aromatic heterocycles. The van der Waals surface area contributed by atoms with Gasteiger partial charge in [-0.3, -0.25) is 0 Å². The van der Waals surface area contributed by atoms with Crippen LogP contribution in [-0.4, -0.2) is 23.1 Å². The molecule has 0 aliphatic heterocycles. The Kier molecular flexibility index (Phi) is 6.82. The number of fused-ring (bicyclic) bond motifs is 1. The molecule has 0 saturated carbocycles. The lowest BCUT2D eigenvalue weighted by Gasteiger charge is -2.08. The van der Waals surface area contributed by atoms with Gasteiger partial charge in [0.05, 0.1) is 12.1 Å². The highest BCUT2D eigenvalue weighted by Crippen LogP contribution is 2.18. The topological polar surface area (TPSA) is 47.0 Å². The van der Waals surface area contributed by atoms with E-state index >= 15 is 0 Å². The second-order valence-electron chi connectivity index (χ2n) is 6.60. The summed E-state index contributed by atoms with van der Waals surface area (Å²) in [5, 5.41) is 4.53. The van der Waals surface area contributed by atoms with Crippen molar-refractivity contribution < 1.29 is 4.74 Å². The molecule has 26 heavy (non-hydrogen) atoms. The van der Waals surface area contributed by atoms with Crippen LogP contribution in [0.1, 0.15) is 37.7 Å². The minimum Gasteiger partial charge on any atom is -0.494 e. The van der Waals surface area contributed by atoms with Gasteiger partial charge in [-0.2, -0.15) is 0 Å². The molecule has 4 nitrogen and oxygen atoms in total. The van der Waals surface area contributed by atoms with Gasteiger partial charge in [0.25, 0.3) is 0 Å². The number of nitrogens with zero attached hydrogens (tertiary/aromatic N) is 2. The van der Waals surface area contributed by atoms with Crippen molar-refractivity contribution in [3.8, 4) is 5.75 Å². The maximum absolute atomic E-state index is 5.79. The average molecular weight is 349 g/mol. The van der Waals surface area contributed by atoms with Crippen LogP contribution in [-0.2, 0) is 0 Å². The number of ether oxygens (including phenoxy) is 1. The average Bonchev–Trinajstić information content (AvgIpc) is 2.67. The van der Waals surface area contributed by atoms with E-state index in [2.05, 4.69) is 40.4 Å². The maximum Gasteiger partial charge on any atom is 0.137 e. The van der Waals surface area contributed by atoms with Gasteiger partial charge in [-0.1, -0.05) is 43.5 Å². The first-order valence-electron chi connectivity index (χ1n) is 9.46. The summed E-state index contributed by atoms with van der Waals surface area (Å²) in [6, 6.07) is 16.3. The lowest BCUT2D eigenvalue weighted by atomic mass is 10.1. The third-order valence-electron chi connectivity index (χ3n) is 4.41. The van der Waals surface area contributed by atoms with Crippen molar-refractivity contribution in [3.63, 3.8) is 0 Å². The summed E-state index contributed by atoms with van der Waals surface area (Å²) in [6.45, 7) is 3.83. The van der Waals surface area contributed by atoms with Crippen molar-refractivity contribution in [1.29, 1.82) is 0 Å². The summed E-state index contributed by atoms with van der Waals surface area (Å²) in [4.78, 5) is 8.65. The van der Waals surface area contributed by atoms with Crippen molar-refractivity contribution in [3.05, 3.63) is 60.4 Å². The van der Waals surface area contributed by atoms with Gasteiger partial charge in [0.1, 0.15) is 17.9 Å². The summed E-state index contributed by atoms with van der Waals surface area (Å²) in [6.07, 6.45) is 7.56. The van der Waals surface area contributed by atoms with Crippen LogP contribution in [0.15, 0.2) is 54.9 Å². The number of hydrogen-bond donors (Lipinski definition) is 1. The number of rotatable bonds is 10. The quantitative estimate of drug-likeness (QED) is 0.499. The maximum atomic E-state index is 5.79. The van der Waals surface area contributed by atoms with Crippen LogP contribution >= 0.6 is 0 Å². The van der Waals surface area contributed by atoms with E-state index in [0.717, 1.165) is 48.5 Å². The van der Waals surface area contributed by atoms with Crippen LogP contribution in [0.4, 0.5) is 5.82 Å². The van der Waals surface area contributed by atoms with E-state index in [1.54, 1.807) is 6.33 Å². The Morgan fingerprint density at radius 1 is 0.885 bits per heavy atom. The molecule has 3 aromatic rings. The van der Waals surface area contributed by atoms with Crippen molar-refractivity contribution in [2.24, 2.45) is 0 Å². The standard InChI is InChI=1S/C22H27N3O/c1-18-10-9-11-19(16-18)26-15-8-4-2-3-7-14-23-22-20-12-5-6-13-21(20)24-17-25-22/h5-6,9-13,16-17H,2-4,7-8,14-15H2,1H3,(H,23,24,25). The molecule has 1 N–H and O–H groups in total. The highest BCUT2D eigenvalue weighted by Gasteiger charge is 2.01. The number of nitrogens with one attached hydrogen (secondary N) is 1. The lowest BCUT2D eigenvalue weighted by Crippen LogP contribution is -2.04. The molecule has 0 amide bonds. The molecule has 0 unspecified atom stereocenters. The monoisotopic (exact) mass is 349 g/mol. The van der Waals surface area contributed by atoms with Gasteiger partial charge in [0.2, 0.25) is 0 Å². The first-order valence-corrected chi connectivity index (χ1v) is 9.46. The molecule has 0 fully saturated rings. The molecule has 4 heteroatoms. The molecule has 0 aliphatic carbocycles. The molecule has 0 radical (unpaired) electrons. The fourth-order valence-electron chi connectivity index (χ4n) is 3.01. The van der Waals surface area contributed by atoms with Gasteiger partial charge < -0.3 is 10.1 Å². The SMILES string of the molecule is Cc1cccc(OCCCCCCCNc2ncnc3ccccc23)c1. The third kappa shape index (κ3) is 5.45. The van der Waals surface area contributed by atoms with Crippen LogP contribution in [0.25, 0.3) is 10.9 Å². The van der Waals surface area contributed by atoms with Gasteiger partial charge in [0.15, 0.2) is 0 Å². The first kappa shape index (κ1) is 18.2.